The minimum atomic E-state index is -0.00255. The topological polar surface area (TPSA) is 15.6 Å². The van der Waals surface area contributed by atoms with Gasteiger partial charge in [-0.25, -0.2) is 0 Å². The van der Waals surface area contributed by atoms with Crippen LogP contribution in [0.4, 0.5) is 5.69 Å². The first kappa shape index (κ1) is 16.1. The summed E-state index contributed by atoms with van der Waals surface area (Å²) in [6.45, 7) is 2.23. The van der Waals surface area contributed by atoms with E-state index < -0.39 is 0 Å². The highest BCUT2D eigenvalue weighted by atomic mass is 79.9. The SMILES string of the molecule is CC1C(c2ccc(Br)cc2)=NC(c2ccccc2)N1c1ccccc1. The molecule has 0 spiro atoms. The van der Waals surface area contributed by atoms with Crippen molar-refractivity contribution in [2.24, 2.45) is 4.99 Å². The summed E-state index contributed by atoms with van der Waals surface area (Å²) in [6, 6.07) is 29.7. The number of anilines is 1. The predicted molar refractivity (Wildman–Crippen MR) is 108 cm³/mol. The van der Waals surface area contributed by atoms with Gasteiger partial charge in [0.2, 0.25) is 0 Å². The fourth-order valence-corrected chi connectivity index (χ4v) is 3.67. The van der Waals surface area contributed by atoms with Crippen molar-refractivity contribution in [2.75, 3.05) is 4.90 Å². The molecule has 1 aliphatic rings. The molecular weight excluding hydrogens is 372 g/mol. The summed E-state index contributed by atoms with van der Waals surface area (Å²) in [5.41, 5.74) is 4.71. The first-order valence-electron chi connectivity index (χ1n) is 8.46. The van der Waals surface area contributed by atoms with E-state index in [0.717, 1.165) is 10.2 Å². The number of hydrogen-bond donors (Lipinski definition) is 0. The third kappa shape index (κ3) is 3.12. The van der Waals surface area contributed by atoms with Crippen LogP contribution in [0.5, 0.6) is 0 Å². The fraction of sp³-hybridized carbons (Fsp3) is 0.136. The van der Waals surface area contributed by atoms with Gasteiger partial charge in [0.05, 0.1) is 11.8 Å². The van der Waals surface area contributed by atoms with E-state index >= 15 is 0 Å². The molecule has 0 aliphatic carbocycles. The number of nitrogens with zero attached hydrogens (tertiary/aromatic N) is 2. The maximum absolute atomic E-state index is 5.12. The van der Waals surface area contributed by atoms with Crippen LogP contribution in [0.3, 0.4) is 0 Å². The number of aliphatic imine (C=N–C) groups is 1. The lowest BCUT2D eigenvalue weighted by molar-refractivity contribution is 0.675. The largest absolute Gasteiger partial charge is 0.337 e. The maximum Gasteiger partial charge on any atom is 0.148 e. The van der Waals surface area contributed by atoms with Crippen molar-refractivity contribution in [1.82, 2.24) is 0 Å². The van der Waals surface area contributed by atoms with E-state index in [9.17, 15) is 0 Å². The summed E-state index contributed by atoms with van der Waals surface area (Å²) < 4.78 is 1.09. The standard InChI is InChI=1S/C22H19BrN2/c1-16-21(17-12-14-19(23)15-13-17)24-22(18-8-4-2-5-9-18)25(16)20-10-6-3-7-11-20/h2-16,22H,1H3. The van der Waals surface area contributed by atoms with Crippen LogP contribution in [-0.4, -0.2) is 11.8 Å². The first-order chi connectivity index (χ1) is 12.2. The molecule has 0 saturated heterocycles. The average Bonchev–Trinajstić information content (AvgIpc) is 3.01. The van der Waals surface area contributed by atoms with Crippen LogP contribution in [0, 0.1) is 0 Å². The Morgan fingerprint density at radius 3 is 2.04 bits per heavy atom. The van der Waals surface area contributed by atoms with Crippen LogP contribution < -0.4 is 4.90 Å². The Morgan fingerprint density at radius 1 is 0.800 bits per heavy atom. The molecule has 3 aromatic rings. The van der Waals surface area contributed by atoms with Gasteiger partial charge in [0.1, 0.15) is 6.17 Å². The van der Waals surface area contributed by atoms with Gasteiger partial charge in [-0.3, -0.25) is 4.99 Å². The molecule has 25 heavy (non-hydrogen) atoms. The number of halogens is 1. The Morgan fingerprint density at radius 2 is 1.40 bits per heavy atom. The van der Waals surface area contributed by atoms with Gasteiger partial charge in [0.15, 0.2) is 0 Å². The summed E-state index contributed by atoms with van der Waals surface area (Å²) in [4.78, 5) is 7.52. The molecule has 0 amide bonds. The number of rotatable bonds is 3. The van der Waals surface area contributed by atoms with Crippen molar-refractivity contribution >= 4 is 27.3 Å². The van der Waals surface area contributed by atoms with Gasteiger partial charge >= 0.3 is 0 Å². The Hall–Kier alpha value is -2.39. The number of para-hydroxylation sites is 1. The summed E-state index contributed by atoms with van der Waals surface area (Å²) >= 11 is 3.52. The van der Waals surface area contributed by atoms with E-state index in [1.54, 1.807) is 0 Å². The van der Waals surface area contributed by atoms with Gasteiger partial charge in [-0.15, -0.1) is 0 Å². The van der Waals surface area contributed by atoms with E-state index in [4.69, 9.17) is 4.99 Å². The first-order valence-corrected chi connectivity index (χ1v) is 9.25. The molecule has 3 aromatic carbocycles. The Bertz CT molecular complexity index is 873. The van der Waals surface area contributed by atoms with E-state index in [2.05, 4.69) is 107 Å². The van der Waals surface area contributed by atoms with Crippen molar-refractivity contribution < 1.29 is 0 Å². The number of hydrogen-bond acceptors (Lipinski definition) is 2. The van der Waals surface area contributed by atoms with Crippen LogP contribution in [0.1, 0.15) is 24.2 Å². The Labute approximate surface area is 157 Å². The van der Waals surface area contributed by atoms with Gasteiger partial charge in [0, 0.05) is 10.2 Å². The number of benzene rings is 3. The van der Waals surface area contributed by atoms with Crippen LogP contribution in [0.2, 0.25) is 0 Å². The van der Waals surface area contributed by atoms with Crippen molar-refractivity contribution in [3.63, 3.8) is 0 Å². The molecule has 2 unspecified atom stereocenters. The molecule has 1 aliphatic heterocycles. The zero-order valence-corrected chi connectivity index (χ0v) is 15.6. The monoisotopic (exact) mass is 390 g/mol. The molecule has 2 atom stereocenters. The second kappa shape index (κ2) is 6.85. The van der Waals surface area contributed by atoms with Gasteiger partial charge < -0.3 is 4.90 Å². The summed E-state index contributed by atoms with van der Waals surface area (Å²) in [5, 5.41) is 0. The minimum absolute atomic E-state index is 0.00255. The van der Waals surface area contributed by atoms with Crippen LogP contribution >= 0.6 is 15.9 Å². The van der Waals surface area contributed by atoms with E-state index in [-0.39, 0.29) is 12.2 Å². The van der Waals surface area contributed by atoms with Gasteiger partial charge in [-0.1, -0.05) is 76.6 Å². The minimum Gasteiger partial charge on any atom is -0.337 e. The highest BCUT2D eigenvalue weighted by Crippen LogP contribution is 2.37. The Kier molecular flexibility index (Phi) is 4.41. The highest BCUT2D eigenvalue weighted by molar-refractivity contribution is 9.10. The molecule has 0 N–H and O–H groups in total. The molecule has 3 heteroatoms. The predicted octanol–water partition coefficient (Wildman–Crippen LogP) is 5.85. The van der Waals surface area contributed by atoms with Gasteiger partial charge in [-0.05, 0) is 42.3 Å². The van der Waals surface area contributed by atoms with Gasteiger partial charge in [-0.2, -0.15) is 0 Å². The Balaban J connectivity index is 1.80. The molecule has 2 nitrogen and oxygen atoms in total. The summed E-state index contributed by atoms with van der Waals surface area (Å²) in [6.07, 6.45) is -0.00255. The van der Waals surface area contributed by atoms with Crippen LogP contribution in [0.25, 0.3) is 0 Å². The molecule has 4 rings (SSSR count). The van der Waals surface area contributed by atoms with Crippen molar-refractivity contribution in [3.8, 4) is 0 Å². The molecule has 0 radical (unpaired) electrons. The lowest BCUT2D eigenvalue weighted by Crippen LogP contribution is -2.34. The van der Waals surface area contributed by atoms with E-state index in [1.807, 2.05) is 6.07 Å². The molecule has 0 bridgehead atoms. The third-order valence-corrected chi connectivity index (χ3v) is 5.16. The molecule has 0 saturated carbocycles. The van der Waals surface area contributed by atoms with Crippen LogP contribution in [-0.2, 0) is 0 Å². The fourth-order valence-electron chi connectivity index (χ4n) is 3.41. The highest BCUT2D eigenvalue weighted by Gasteiger charge is 2.34. The molecule has 0 aromatic heterocycles. The normalized spacial score (nSPS) is 19.8. The lowest BCUT2D eigenvalue weighted by Gasteiger charge is -2.30. The second-order valence-electron chi connectivity index (χ2n) is 6.22. The average molecular weight is 391 g/mol. The smallest absolute Gasteiger partial charge is 0.148 e. The quantitative estimate of drug-likeness (QED) is 0.547. The molecule has 124 valence electrons. The third-order valence-electron chi connectivity index (χ3n) is 4.63. The maximum atomic E-state index is 5.12. The van der Waals surface area contributed by atoms with E-state index in [0.29, 0.717) is 0 Å². The molecule has 0 fully saturated rings. The van der Waals surface area contributed by atoms with Crippen molar-refractivity contribution in [3.05, 3.63) is 101 Å². The second-order valence-corrected chi connectivity index (χ2v) is 7.14. The molecule has 1 heterocycles. The van der Waals surface area contributed by atoms with Crippen molar-refractivity contribution in [1.29, 1.82) is 0 Å². The van der Waals surface area contributed by atoms with Crippen LogP contribution in [0.15, 0.2) is 94.4 Å². The summed E-state index contributed by atoms with van der Waals surface area (Å²) in [7, 11) is 0. The summed E-state index contributed by atoms with van der Waals surface area (Å²) in [5.74, 6) is 0. The van der Waals surface area contributed by atoms with Crippen molar-refractivity contribution in [2.45, 2.75) is 19.1 Å². The van der Waals surface area contributed by atoms with Gasteiger partial charge in [0.25, 0.3) is 0 Å². The zero-order valence-electron chi connectivity index (χ0n) is 14.0. The molecular formula is C22H19BrN2. The zero-order chi connectivity index (χ0) is 17.2. The van der Waals surface area contributed by atoms with E-state index in [1.165, 1.54) is 16.8 Å². The lowest BCUT2D eigenvalue weighted by atomic mass is 10.0.